The number of hydrogen-bond donors (Lipinski definition) is 0. The first-order valence-corrected chi connectivity index (χ1v) is 16.3. The fourth-order valence-electron chi connectivity index (χ4n) is 4.75. The third-order valence-corrected chi connectivity index (χ3v) is 9.03. The first-order chi connectivity index (χ1) is 22.2. The van der Waals surface area contributed by atoms with Gasteiger partial charge in [0.2, 0.25) is 0 Å². The molecule has 0 bridgehead atoms. The molecule has 0 atom stereocenters. The minimum atomic E-state index is -5.19. The molecule has 0 radical (unpaired) electrons. The lowest BCUT2D eigenvalue weighted by atomic mass is 9.81. The summed E-state index contributed by atoms with van der Waals surface area (Å²) >= 11 is 14.3. The van der Waals surface area contributed by atoms with Gasteiger partial charge in [0.1, 0.15) is 23.4 Å². The number of aromatic nitrogens is 2. The van der Waals surface area contributed by atoms with Crippen molar-refractivity contribution in [3.63, 3.8) is 0 Å². The number of carboxylic acid groups (broad SMARTS) is 1. The highest BCUT2D eigenvalue weighted by atomic mass is 35.5. The standard InChI is InChI=1S/C32H36Cl2F2N3OS.C2HF3O2/c1-32(2,22-9-14-26(33)29(18-22)40-6)30-19-37-31(38(30)24-12-10-23(35)11-13-24)41-20-25-27(34)16-21(17-28(25)36)8-7-15-39(3,4)5;3-2(4,5)1(6)7/h9-14,16-19H,7-8,15,20H2,1-6H3;(H,6,7)/q+1;/p-1. The molecule has 6 nitrogen and oxygen atoms in total. The molecule has 260 valence electrons. The van der Waals surface area contributed by atoms with Crippen LogP contribution in [0.15, 0.2) is 66.0 Å². The monoisotopic (exact) mass is 731 g/mol. The quantitative estimate of drug-likeness (QED) is 0.0889. The van der Waals surface area contributed by atoms with Crippen LogP contribution >= 0.6 is 35.0 Å². The number of thioether (sulfide) groups is 1. The molecule has 0 unspecified atom stereocenters. The first kappa shape index (κ1) is 39.1. The Hall–Kier alpha value is -3.32. The van der Waals surface area contributed by atoms with Gasteiger partial charge in [-0.2, -0.15) is 13.2 Å². The van der Waals surface area contributed by atoms with Crippen molar-refractivity contribution in [2.24, 2.45) is 0 Å². The lowest BCUT2D eigenvalue weighted by molar-refractivity contribution is -0.870. The van der Waals surface area contributed by atoms with Gasteiger partial charge in [-0.3, -0.25) is 4.57 Å². The van der Waals surface area contributed by atoms with E-state index in [1.165, 1.54) is 23.9 Å². The van der Waals surface area contributed by atoms with Crippen LogP contribution in [0.2, 0.25) is 10.0 Å². The van der Waals surface area contributed by atoms with Gasteiger partial charge in [-0.05, 0) is 66.1 Å². The Morgan fingerprint density at radius 2 is 1.62 bits per heavy atom. The average Bonchev–Trinajstić information content (AvgIpc) is 3.41. The maximum absolute atomic E-state index is 15.3. The molecule has 0 saturated heterocycles. The van der Waals surface area contributed by atoms with Gasteiger partial charge in [0.05, 0.1) is 51.7 Å². The predicted octanol–water partition coefficient (Wildman–Crippen LogP) is 8.02. The van der Waals surface area contributed by atoms with Crippen molar-refractivity contribution in [2.75, 3.05) is 34.8 Å². The van der Waals surface area contributed by atoms with Gasteiger partial charge in [0, 0.05) is 33.9 Å². The van der Waals surface area contributed by atoms with Crippen LogP contribution in [0, 0.1) is 11.6 Å². The second-order valence-electron chi connectivity index (χ2n) is 12.4. The van der Waals surface area contributed by atoms with Gasteiger partial charge in [-0.15, -0.1) is 0 Å². The van der Waals surface area contributed by atoms with Gasteiger partial charge < -0.3 is 19.1 Å². The number of quaternary nitrogens is 1. The third-order valence-electron chi connectivity index (χ3n) is 7.40. The van der Waals surface area contributed by atoms with Crippen molar-refractivity contribution >= 4 is 40.9 Å². The van der Waals surface area contributed by atoms with Crippen LogP contribution in [0.5, 0.6) is 5.75 Å². The van der Waals surface area contributed by atoms with Crippen molar-refractivity contribution in [1.29, 1.82) is 0 Å². The number of rotatable bonds is 11. The van der Waals surface area contributed by atoms with Crippen LogP contribution in [0.4, 0.5) is 22.0 Å². The van der Waals surface area contributed by atoms with Gasteiger partial charge in [-0.25, -0.2) is 13.8 Å². The van der Waals surface area contributed by atoms with Crippen molar-refractivity contribution in [3.8, 4) is 11.4 Å². The summed E-state index contributed by atoms with van der Waals surface area (Å²) in [6.45, 7) is 5.15. The predicted molar refractivity (Wildman–Crippen MR) is 177 cm³/mol. The van der Waals surface area contributed by atoms with Gasteiger partial charge in [0.15, 0.2) is 5.16 Å². The van der Waals surface area contributed by atoms with Crippen molar-refractivity contribution in [1.82, 2.24) is 9.55 Å². The highest BCUT2D eigenvalue weighted by molar-refractivity contribution is 7.98. The summed E-state index contributed by atoms with van der Waals surface area (Å²) < 4.78 is 69.0. The number of aliphatic carboxylic acids is 1. The molecule has 1 heterocycles. The Labute approximate surface area is 291 Å². The molecule has 4 rings (SSSR count). The molecule has 0 aliphatic rings. The minimum Gasteiger partial charge on any atom is -0.542 e. The first-order valence-electron chi connectivity index (χ1n) is 14.6. The number of halogens is 7. The number of alkyl halides is 3. The maximum Gasteiger partial charge on any atom is 0.430 e. The highest BCUT2D eigenvalue weighted by Crippen LogP contribution is 2.39. The molecule has 0 saturated carbocycles. The van der Waals surface area contributed by atoms with E-state index in [1.54, 1.807) is 25.3 Å². The van der Waals surface area contributed by atoms with Crippen LogP contribution in [-0.4, -0.2) is 61.0 Å². The van der Waals surface area contributed by atoms with Crippen molar-refractivity contribution in [3.05, 3.63) is 105 Å². The minimum absolute atomic E-state index is 0.288. The van der Waals surface area contributed by atoms with Crippen LogP contribution in [-0.2, 0) is 22.4 Å². The number of aryl methyl sites for hydroxylation is 1. The molecule has 0 spiro atoms. The number of nitrogens with zero attached hydrogens (tertiary/aromatic N) is 3. The van der Waals surface area contributed by atoms with Crippen molar-refractivity contribution in [2.45, 2.75) is 49.2 Å². The van der Waals surface area contributed by atoms with Gasteiger partial charge in [-0.1, -0.05) is 54.9 Å². The van der Waals surface area contributed by atoms with Crippen LogP contribution in [0.1, 0.15) is 42.7 Å². The second kappa shape index (κ2) is 15.9. The van der Waals surface area contributed by atoms with E-state index in [9.17, 15) is 17.6 Å². The van der Waals surface area contributed by atoms with E-state index in [2.05, 4.69) is 35.0 Å². The number of imidazole rings is 1. The lowest BCUT2D eigenvalue weighted by Gasteiger charge is -2.28. The molecule has 14 heteroatoms. The summed E-state index contributed by atoms with van der Waals surface area (Å²) in [6, 6.07) is 15.4. The van der Waals surface area contributed by atoms with E-state index < -0.39 is 17.6 Å². The molecular weight excluding hydrogens is 696 g/mol. The fourth-order valence-corrected chi connectivity index (χ4v) is 6.34. The maximum atomic E-state index is 15.3. The Morgan fingerprint density at radius 1 is 1.00 bits per heavy atom. The smallest absolute Gasteiger partial charge is 0.430 e. The highest BCUT2D eigenvalue weighted by Gasteiger charge is 2.31. The average molecular weight is 733 g/mol. The van der Waals surface area contributed by atoms with E-state index in [1.807, 2.05) is 35.0 Å². The van der Waals surface area contributed by atoms with E-state index >= 15 is 4.39 Å². The summed E-state index contributed by atoms with van der Waals surface area (Å²) in [5.41, 5.74) is 3.38. The van der Waals surface area contributed by atoms with Gasteiger partial charge in [0.25, 0.3) is 0 Å². The Kier molecular flexibility index (Phi) is 13.0. The summed E-state index contributed by atoms with van der Waals surface area (Å²) in [4.78, 5) is 13.5. The van der Waals surface area contributed by atoms with E-state index in [0.717, 1.165) is 46.4 Å². The molecule has 0 N–H and O–H groups in total. The van der Waals surface area contributed by atoms with Crippen LogP contribution in [0.3, 0.4) is 0 Å². The van der Waals surface area contributed by atoms with Crippen LogP contribution < -0.4 is 9.84 Å². The van der Waals surface area contributed by atoms with E-state index in [-0.39, 0.29) is 17.4 Å². The summed E-state index contributed by atoms with van der Waals surface area (Å²) in [7, 11) is 8.01. The number of hydrogen-bond acceptors (Lipinski definition) is 5. The molecule has 1 aromatic heterocycles. The summed E-state index contributed by atoms with van der Waals surface area (Å²) in [5.74, 6) is -2.80. The fraction of sp³-hybridized carbons (Fsp3) is 0.353. The molecular formula is C34H36Cl2F5N3O3S. The number of carbonyl (C=O) groups is 1. The third kappa shape index (κ3) is 10.3. The number of methoxy groups -OCH3 is 1. The Balaban J connectivity index is 0.000000804. The molecule has 4 aromatic rings. The van der Waals surface area contributed by atoms with E-state index in [0.29, 0.717) is 26.5 Å². The number of carbonyl (C=O) groups excluding carboxylic acids is 1. The largest absolute Gasteiger partial charge is 0.542 e. The molecule has 0 fully saturated rings. The topological polar surface area (TPSA) is 67.2 Å². The Bertz CT molecular complexity index is 1700. The zero-order chi connectivity index (χ0) is 36.0. The van der Waals surface area contributed by atoms with Crippen molar-refractivity contribution < 1.29 is 41.1 Å². The zero-order valence-electron chi connectivity index (χ0n) is 27.2. The zero-order valence-corrected chi connectivity index (χ0v) is 29.6. The molecule has 0 aliphatic carbocycles. The molecule has 0 aliphatic heterocycles. The number of ether oxygens (including phenoxy) is 1. The molecule has 0 amide bonds. The molecule has 48 heavy (non-hydrogen) atoms. The lowest BCUT2D eigenvalue weighted by Crippen LogP contribution is -2.37. The van der Waals surface area contributed by atoms with E-state index in [4.69, 9.17) is 42.8 Å². The summed E-state index contributed by atoms with van der Waals surface area (Å²) in [6.07, 6.45) is -1.68. The Morgan fingerprint density at radius 3 is 2.17 bits per heavy atom. The van der Waals surface area contributed by atoms with Gasteiger partial charge >= 0.3 is 6.18 Å². The van der Waals surface area contributed by atoms with Crippen LogP contribution in [0.25, 0.3) is 5.69 Å². The number of benzene rings is 3. The number of carboxylic acids is 1. The SMILES string of the molecule is COc1cc(C(C)(C)c2cnc(SCc3c(F)cc(CCC[N+](C)(C)C)cc3Cl)n2-c2ccc(F)cc2)ccc1Cl.O=C([O-])C(F)(F)F. The second-order valence-corrected chi connectivity index (χ2v) is 14.2. The molecule has 3 aromatic carbocycles. The normalized spacial score (nSPS) is 12.0. The summed E-state index contributed by atoms with van der Waals surface area (Å²) in [5, 5.41) is 10.4.